The summed E-state index contributed by atoms with van der Waals surface area (Å²) in [4.78, 5) is 16.2. The Kier molecular flexibility index (Phi) is 2.87. The van der Waals surface area contributed by atoms with Crippen LogP contribution < -0.4 is 0 Å². The smallest absolute Gasteiger partial charge is 0.179 e. The van der Waals surface area contributed by atoms with Gasteiger partial charge in [0.15, 0.2) is 10.4 Å². The van der Waals surface area contributed by atoms with Crippen molar-refractivity contribution < 1.29 is 0 Å². The van der Waals surface area contributed by atoms with Crippen molar-refractivity contribution in [1.82, 2.24) is 24.5 Å². The first-order chi connectivity index (χ1) is 9.13. The lowest BCUT2D eigenvalue weighted by molar-refractivity contribution is 0.768. The Morgan fingerprint density at radius 3 is 2.74 bits per heavy atom. The van der Waals surface area contributed by atoms with E-state index in [1.807, 2.05) is 30.7 Å². The number of nitrogens with one attached hydrogen (secondary N) is 1. The van der Waals surface area contributed by atoms with E-state index in [2.05, 4.69) is 19.9 Å². The van der Waals surface area contributed by atoms with Crippen molar-refractivity contribution in [3.05, 3.63) is 46.4 Å². The van der Waals surface area contributed by atoms with Crippen molar-refractivity contribution in [1.29, 1.82) is 0 Å². The number of H-pyrrole nitrogens is 1. The highest BCUT2D eigenvalue weighted by atomic mass is 32.1. The minimum atomic E-state index is 0.572. The van der Waals surface area contributed by atoms with Crippen molar-refractivity contribution >= 4 is 23.4 Å². The number of imidazole rings is 1. The van der Waals surface area contributed by atoms with Crippen LogP contribution in [0.4, 0.5) is 0 Å². The van der Waals surface area contributed by atoms with Gasteiger partial charge in [0.2, 0.25) is 0 Å². The van der Waals surface area contributed by atoms with Crippen molar-refractivity contribution in [2.45, 2.75) is 20.4 Å². The number of aromatic nitrogens is 5. The lowest BCUT2D eigenvalue weighted by atomic mass is 10.3. The third-order valence-corrected chi connectivity index (χ3v) is 3.22. The number of pyridine rings is 1. The van der Waals surface area contributed by atoms with E-state index in [0.717, 1.165) is 28.1 Å². The van der Waals surface area contributed by atoms with Gasteiger partial charge in [-0.15, -0.1) is 0 Å². The van der Waals surface area contributed by atoms with Gasteiger partial charge in [0.05, 0.1) is 29.6 Å². The number of rotatable bonds is 2. The fourth-order valence-electron chi connectivity index (χ4n) is 1.96. The maximum atomic E-state index is 5.34. The molecule has 3 aromatic heterocycles. The molecule has 19 heavy (non-hydrogen) atoms. The molecule has 5 nitrogen and oxygen atoms in total. The van der Waals surface area contributed by atoms with E-state index in [0.29, 0.717) is 11.3 Å². The van der Waals surface area contributed by atoms with Crippen LogP contribution in [0.25, 0.3) is 11.2 Å². The van der Waals surface area contributed by atoms with Crippen LogP contribution in [0.1, 0.15) is 17.0 Å². The first-order valence-corrected chi connectivity index (χ1v) is 6.37. The highest BCUT2D eigenvalue weighted by Gasteiger charge is 2.07. The number of aryl methyl sites for hydroxylation is 2. The van der Waals surface area contributed by atoms with Crippen LogP contribution in [0.5, 0.6) is 0 Å². The van der Waals surface area contributed by atoms with Crippen LogP contribution in [-0.4, -0.2) is 24.5 Å². The van der Waals surface area contributed by atoms with E-state index in [-0.39, 0.29) is 0 Å². The molecule has 0 saturated carbocycles. The van der Waals surface area contributed by atoms with Gasteiger partial charge in [-0.25, -0.2) is 4.98 Å². The lowest BCUT2D eigenvalue weighted by Gasteiger charge is -2.03. The predicted molar refractivity (Wildman–Crippen MR) is 75.5 cm³/mol. The first-order valence-electron chi connectivity index (χ1n) is 5.96. The van der Waals surface area contributed by atoms with Crippen LogP contribution in [0.15, 0.2) is 24.7 Å². The molecule has 0 saturated heterocycles. The normalized spacial score (nSPS) is 11.1. The van der Waals surface area contributed by atoms with Crippen LogP contribution in [-0.2, 0) is 6.54 Å². The highest BCUT2D eigenvalue weighted by molar-refractivity contribution is 7.71. The summed E-state index contributed by atoms with van der Waals surface area (Å²) in [6, 6.07) is 2.04. The number of fused-ring (bicyclic) bond motifs is 1. The van der Waals surface area contributed by atoms with Gasteiger partial charge in [-0.3, -0.25) is 14.5 Å². The van der Waals surface area contributed by atoms with Crippen molar-refractivity contribution in [3.63, 3.8) is 0 Å². The SMILES string of the molecule is Cc1cnc2c(c1)[nH]c(=S)n2Cc1cnc(C)cn1. The molecule has 6 heteroatoms. The van der Waals surface area contributed by atoms with Crippen LogP contribution in [0, 0.1) is 18.6 Å². The van der Waals surface area contributed by atoms with Gasteiger partial charge in [-0.05, 0) is 37.7 Å². The molecule has 0 bridgehead atoms. The van der Waals surface area contributed by atoms with Crippen molar-refractivity contribution in [2.75, 3.05) is 0 Å². The largest absolute Gasteiger partial charge is 0.329 e. The molecule has 0 aliphatic carbocycles. The zero-order valence-electron chi connectivity index (χ0n) is 10.7. The highest BCUT2D eigenvalue weighted by Crippen LogP contribution is 2.14. The van der Waals surface area contributed by atoms with Crippen LogP contribution >= 0.6 is 12.2 Å². The molecule has 0 amide bonds. The minimum Gasteiger partial charge on any atom is -0.329 e. The van der Waals surface area contributed by atoms with E-state index in [4.69, 9.17) is 12.2 Å². The van der Waals surface area contributed by atoms with Gasteiger partial charge in [0.25, 0.3) is 0 Å². The van der Waals surface area contributed by atoms with E-state index < -0.39 is 0 Å². The number of hydrogen-bond donors (Lipinski definition) is 1. The summed E-state index contributed by atoms with van der Waals surface area (Å²) in [5, 5.41) is 0. The molecular weight excluding hydrogens is 258 g/mol. The molecule has 0 aliphatic heterocycles. The Hall–Kier alpha value is -2.08. The summed E-state index contributed by atoms with van der Waals surface area (Å²) >= 11 is 5.34. The zero-order valence-corrected chi connectivity index (χ0v) is 11.5. The minimum absolute atomic E-state index is 0.572. The Morgan fingerprint density at radius 1 is 1.16 bits per heavy atom. The van der Waals surface area contributed by atoms with Gasteiger partial charge in [0.1, 0.15) is 0 Å². The van der Waals surface area contributed by atoms with E-state index in [9.17, 15) is 0 Å². The Bertz CT molecular complexity index is 785. The second-order valence-electron chi connectivity index (χ2n) is 4.55. The topological polar surface area (TPSA) is 59.4 Å². The third-order valence-electron chi connectivity index (χ3n) is 2.90. The molecule has 1 N–H and O–H groups in total. The standard InChI is InChI=1S/C13H13N5S/c1-8-3-11-12(16-4-8)18(13(19)17-11)7-10-6-14-9(2)5-15-10/h3-6H,7H2,1-2H3,(H,17,19). The van der Waals surface area contributed by atoms with Crippen molar-refractivity contribution in [3.8, 4) is 0 Å². The maximum absolute atomic E-state index is 5.34. The average Bonchev–Trinajstić information content (AvgIpc) is 2.68. The fraction of sp³-hybridized carbons (Fsp3) is 0.231. The molecule has 0 spiro atoms. The molecule has 3 heterocycles. The quantitative estimate of drug-likeness (QED) is 0.728. The van der Waals surface area contributed by atoms with Crippen LogP contribution in [0.3, 0.4) is 0 Å². The van der Waals surface area contributed by atoms with Gasteiger partial charge in [-0.1, -0.05) is 0 Å². The van der Waals surface area contributed by atoms with Gasteiger partial charge in [-0.2, -0.15) is 0 Å². The Labute approximate surface area is 115 Å². The summed E-state index contributed by atoms with van der Waals surface area (Å²) in [5.41, 5.74) is 4.67. The number of nitrogens with zero attached hydrogens (tertiary/aromatic N) is 4. The predicted octanol–water partition coefficient (Wildman–Crippen LogP) is 2.55. The molecule has 0 unspecified atom stereocenters. The average molecular weight is 271 g/mol. The molecule has 0 aliphatic rings. The number of hydrogen-bond acceptors (Lipinski definition) is 4. The van der Waals surface area contributed by atoms with E-state index in [1.54, 1.807) is 12.4 Å². The second kappa shape index (κ2) is 4.55. The molecule has 3 aromatic rings. The zero-order chi connectivity index (χ0) is 13.4. The number of aromatic amines is 1. The Morgan fingerprint density at radius 2 is 2.00 bits per heavy atom. The molecule has 0 fully saturated rings. The summed E-state index contributed by atoms with van der Waals surface area (Å²) < 4.78 is 2.58. The van der Waals surface area contributed by atoms with Gasteiger partial charge < -0.3 is 4.98 Å². The summed E-state index contributed by atoms with van der Waals surface area (Å²) in [5.74, 6) is 0. The monoisotopic (exact) mass is 271 g/mol. The van der Waals surface area contributed by atoms with Crippen LogP contribution in [0.2, 0.25) is 0 Å². The summed E-state index contributed by atoms with van der Waals surface area (Å²) in [6.45, 7) is 4.49. The van der Waals surface area contributed by atoms with E-state index >= 15 is 0 Å². The Balaban J connectivity index is 2.07. The van der Waals surface area contributed by atoms with Gasteiger partial charge >= 0.3 is 0 Å². The molecule has 3 rings (SSSR count). The maximum Gasteiger partial charge on any atom is 0.179 e. The summed E-state index contributed by atoms with van der Waals surface area (Å²) in [7, 11) is 0. The molecule has 96 valence electrons. The molecule has 0 radical (unpaired) electrons. The molecule has 0 aromatic carbocycles. The van der Waals surface area contributed by atoms with E-state index in [1.165, 1.54) is 0 Å². The first kappa shape index (κ1) is 12.0. The molecular formula is C13H13N5S. The third kappa shape index (κ3) is 2.26. The van der Waals surface area contributed by atoms with Crippen molar-refractivity contribution in [2.24, 2.45) is 0 Å². The second-order valence-corrected chi connectivity index (χ2v) is 4.94. The van der Waals surface area contributed by atoms with Gasteiger partial charge in [0, 0.05) is 12.4 Å². The lowest BCUT2D eigenvalue weighted by Crippen LogP contribution is -2.03. The summed E-state index contributed by atoms with van der Waals surface area (Å²) in [6.07, 6.45) is 5.36. The molecule has 0 atom stereocenters. The fourth-order valence-corrected chi connectivity index (χ4v) is 2.22.